The maximum atomic E-state index is 11.5. The third kappa shape index (κ3) is 1.76. The summed E-state index contributed by atoms with van der Waals surface area (Å²) in [5.74, 6) is 0.429. The minimum atomic E-state index is -0.958. The second-order valence-corrected chi connectivity index (χ2v) is 4.63. The molecule has 0 aliphatic carbocycles. The van der Waals surface area contributed by atoms with Crippen LogP contribution in [0.3, 0.4) is 0 Å². The molecule has 2 rings (SSSR count). The average Bonchev–Trinajstić information content (AvgIpc) is 2.27. The largest absolute Gasteiger partial charge is 0.611 e. The quantitative estimate of drug-likeness (QED) is 0.688. The fourth-order valence-electron chi connectivity index (χ4n) is 1.43. The van der Waals surface area contributed by atoms with E-state index in [9.17, 15) is 4.55 Å². The van der Waals surface area contributed by atoms with Gasteiger partial charge in [-0.05, 0) is 41.0 Å². The highest BCUT2D eigenvalue weighted by Crippen LogP contribution is 2.19. The normalized spacial score (nSPS) is 13.0. The summed E-state index contributed by atoms with van der Waals surface area (Å²) in [6.07, 6.45) is 0. The molecule has 0 saturated carbocycles. The van der Waals surface area contributed by atoms with Crippen molar-refractivity contribution in [2.75, 3.05) is 5.75 Å². The van der Waals surface area contributed by atoms with E-state index in [2.05, 4.69) is 6.92 Å². The molecule has 14 heavy (non-hydrogen) atoms. The number of rotatable bonds is 2. The van der Waals surface area contributed by atoms with Crippen molar-refractivity contribution < 1.29 is 4.55 Å². The highest BCUT2D eigenvalue weighted by Gasteiger charge is 2.07. The lowest BCUT2D eigenvalue weighted by Gasteiger charge is -2.08. The van der Waals surface area contributed by atoms with E-state index in [1.165, 1.54) is 5.39 Å². The molecule has 0 aliphatic heterocycles. The van der Waals surface area contributed by atoms with Crippen LogP contribution in [0.15, 0.2) is 47.4 Å². The van der Waals surface area contributed by atoms with Crippen LogP contribution >= 0.6 is 0 Å². The van der Waals surface area contributed by atoms with Crippen molar-refractivity contribution in [3.05, 3.63) is 49.4 Å². The summed E-state index contributed by atoms with van der Waals surface area (Å²) in [5, 5.41) is 2.31. The third-order valence-electron chi connectivity index (χ3n) is 2.17. The van der Waals surface area contributed by atoms with Gasteiger partial charge in [0.2, 0.25) is 0 Å². The van der Waals surface area contributed by atoms with Crippen molar-refractivity contribution in [3.8, 4) is 0 Å². The van der Waals surface area contributed by atoms with Gasteiger partial charge in [-0.3, -0.25) is 0 Å². The van der Waals surface area contributed by atoms with E-state index in [1.54, 1.807) is 0 Å². The first-order valence-electron chi connectivity index (χ1n) is 4.47. The third-order valence-corrected chi connectivity index (χ3v) is 3.32. The molecule has 1 nitrogen and oxygen atoms in total. The Morgan fingerprint density at radius 2 is 1.79 bits per heavy atom. The van der Waals surface area contributed by atoms with Gasteiger partial charge in [0.25, 0.3) is 0 Å². The van der Waals surface area contributed by atoms with Crippen molar-refractivity contribution in [2.24, 2.45) is 0 Å². The SMILES string of the molecule is [CH2]C[S+]([O-])c1ccc2ccccc2c1. The molecule has 2 heteroatoms. The maximum Gasteiger partial charge on any atom is 0.153 e. The monoisotopic (exact) mass is 203 g/mol. The fourth-order valence-corrected chi connectivity index (χ4v) is 2.14. The Bertz CT molecular complexity index is 439. The topological polar surface area (TPSA) is 23.1 Å². The van der Waals surface area contributed by atoms with Gasteiger partial charge in [-0.25, -0.2) is 0 Å². The number of fused-ring (bicyclic) bond motifs is 1. The van der Waals surface area contributed by atoms with Gasteiger partial charge >= 0.3 is 0 Å². The van der Waals surface area contributed by atoms with Gasteiger partial charge in [0.1, 0.15) is 5.75 Å². The van der Waals surface area contributed by atoms with Crippen LogP contribution in [0.5, 0.6) is 0 Å². The predicted molar refractivity (Wildman–Crippen MR) is 60.6 cm³/mol. The Kier molecular flexibility index (Phi) is 2.75. The minimum Gasteiger partial charge on any atom is -0.611 e. The molecule has 2 aromatic rings. The summed E-state index contributed by atoms with van der Waals surface area (Å²) in [6.45, 7) is 3.64. The predicted octanol–water partition coefficient (Wildman–Crippen LogP) is 2.78. The minimum absolute atomic E-state index is 0.429. The van der Waals surface area contributed by atoms with Gasteiger partial charge in [0.15, 0.2) is 4.90 Å². The lowest BCUT2D eigenvalue weighted by Crippen LogP contribution is -2.03. The Balaban J connectivity index is 2.51. The van der Waals surface area contributed by atoms with E-state index in [-0.39, 0.29) is 0 Å². The Morgan fingerprint density at radius 3 is 2.50 bits per heavy atom. The van der Waals surface area contributed by atoms with Crippen molar-refractivity contribution in [2.45, 2.75) is 4.90 Å². The van der Waals surface area contributed by atoms with Gasteiger partial charge in [0, 0.05) is 6.07 Å². The van der Waals surface area contributed by atoms with Crippen LogP contribution in [0.2, 0.25) is 0 Å². The molecule has 0 aliphatic rings. The number of benzene rings is 2. The van der Waals surface area contributed by atoms with E-state index in [4.69, 9.17) is 0 Å². The lowest BCUT2D eigenvalue weighted by molar-refractivity contribution is 0.598. The Morgan fingerprint density at radius 1 is 1.07 bits per heavy atom. The Hall–Kier alpha value is -0.990. The zero-order chi connectivity index (χ0) is 9.97. The summed E-state index contributed by atoms with van der Waals surface area (Å²) >= 11 is -0.958. The summed E-state index contributed by atoms with van der Waals surface area (Å²) in [7, 11) is 0. The smallest absolute Gasteiger partial charge is 0.153 e. The summed E-state index contributed by atoms with van der Waals surface area (Å²) in [6, 6.07) is 13.9. The molecular weight excluding hydrogens is 192 g/mol. The highest BCUT2D eigenvalue weighted by molar-refractivity contribution is 7.91. The van der Waals surface area contributed by atoms with Crippen LogP contribution in [-0.4, -0.2) is 10.3 Å². The molecular formula is C12H11OS. The van der Waals surface area contributed by atoms with E-state index in [0.29, 0.717) is 5.75 Å². The van der Waals surface area contributed by atoms with Crippen molar-refractivity contribution in [3.63, 3.8) is 0 Å². The lowest BCUT2D eigenvalue weighted by atomic mass is 10.1. The van der Waals surface area contributed by atoms with Crippen molar-refractivity contribution in [1.29, 1.82) is 0 Å². The first-order chi connectivity index (χ1) is 6.81. The Labute approximate surface area is 86.9 Å². The first-order valence-corrected chi connectivity index (χ1v) is 5.79. The highest BCUT2D eigenvalue weighted by atomic mass is 32.2. The molecule has 2 aromatic carbocycles. The molecule has 0 aromatic heterocycles. The van der Waals surface area contributed by atoms with E-state index < -0.39 is 11.2 Å². The zero-order valence-electron chi connectivity index (χ0n) is 7.77. The second-order valence-electron chi connectivity index (χ2n) is 3.06. The average molecular weight is 203 g/mol. The molecule has 0 N–H and O–H groups in total. The van der Waals surface area contributed by atoms with Crippen LogP contribution in [0, 0.1) is 6.92 Å². The summed E-state index contributed by atoms with van der Waals surface area (Å²) < 4.78 is 11.5. The van der Waals surface area contributed by atoms with Crippen LogP contribution < -0.4 is 0 Å². The second kappa shape index (κ2) is 4.03. The van der Waals surface area contributed by atoms with Crippen molar-refractivity contribution >= 4 is 21.9 Å². The molecule has 1 atom stereocenters. The molecule has 0 amide bonds. The van der Waals surface area contributed by atoms with E-state index in [0.717, 1.165) is 10.3 Å². The molecule has 1 unspecified atom stereocenters. The molecule has 0 spiro atoms. The van der Waals surface area contributed by atoms with Gasteiger partial charge in [-0.2, -0.15) is 0 Å². The molecule has 0 bridgehead atoms. The number of hydrogen-bond donors (Lipinski definition) is 0. The van der Waals surface area contributed by atoms with E-state index in [1.807, 2.05) is 42.5 Å². The molecule has 71 valence electrons. The van der Waals surface area contributed by atoms with Gasteiger partial charge < -0.3 is 4.55 Å². The summed E-state index contributed by atoms with van der Waals surface area (Å²) in [4.78, 5) is 0.860. The molecule has 1 radical (unpaired) electrons. The van der Waals surface area contributed by atoms with Crippen molar-refractivity contribution in [1.82, 2.24) is 0 Å². The van der Waals surface area contributed by atoms with Crippen LogP contribution in [0.4, 0.5) is 0 Å². The van der Waals surface area contributed by atoms with Crippen LogP contribution in [-0.2, 0) is 11.2 Å². The van der Waals surface area contributed by atoms with E-state index >= 15 is 0 Å². The van der Waals surface area contributed by atoms with Crippen LogP contribution in [0.1, 0.15) is 0 Å². The van der Waals surface area contributed by atoms with Gasteiger partial charge in [-0.15, -0.1) is 0 Å². The fraction of sp³-hybridized carbons (Fsp3) is 0.0833. The molecule has 0 fully saturated rings. The number of hydrogen-bond acceptors (Lipinski definition) is 1. The van der Waals surface area contributed by atoms with Crippen LogP contribution in [0.25, 0.3) is 10.8 Å². The molecule has 0 heterocycles. The standard InChI is InChI=1S/C12H11OS/c1-2-14(13)12-8-7-10-5-3-4-6-11(10)9-12/h3-9H,1-2H2. The zero-order valence-corrected chi connectivity index (χ0v) is 8.59. The first kappa shape index (κ1) is 9.56. The van der Waals surface area contributed by atoms with Gasteiger partial charge in [0.05, 0.1) is 0 Å². The van der Waals surface area contributed by atoms with Gasteiger partial charge in [-0.1, -0.05) is 24.3 Å². The molecule has 0 saturated heterocycles. The maximum absolute atomic E-state index is 11.5. The summed E-state index contributed by atoms with van der Waals surface area (Å²) in [5.41, 5.74) is 0.